The van der Waals surface area contributed by atoms with E-state index in [1.54, 1.807) is 29.2 Å². The summed E-state index contributed by atoms with van der Waals surface area (Å²) in [5.74, 6) is -1.07. The molecule has 3 amide bonds. The van der Waals surface area contributed by atoms with Gasteiger partial charge in [-0.15, -0.1) is 12.4 Å². The summed E-state index contributed by atoms with van der Waals surface area (Å²) in [7, 11) is 0. The molecule has 0 spiro atoms. The Morgan fingerprint density at radius 3 is 2.00 bits per heavy atom. The normalized spacial score (nSPS) is 19.0. The van der Waals surface area contributed by atoms with Crippen LogP contribution < -0.4 is 5.73 Å². The molecule has 2 aliphatic rings. The minimum absolute atomic E-state index is 0. The van der Waals surface area contributed by atoms with Crippen LogP contribution >= 0.6 is 12.4 Å². The molecular weight excluding hydrogens is 342 g/mol. The third-order valence-corrected chi connectivity index (χ3v) is 4.84. The van der Waals surface area contributed by atoms with E-state index in [-0.39, 0.29) is 42.1 Å². The molecule has 0 aromatic heterocycles. The maximum atomic E-state index is 13.0. The highest BCUT2D eigenvalue weighted by atomic mass is 35.5. The third kappa shape index (κ3) is 3.41. The van der Waals surface area contributed by atoms with Gasteiger partial charge in [0.15, 0.2) is 0 Å². The Hall–Kier alpha value is -1.92. The van der Waals surface area contributed by atoms with Gasteiger partial charge in [0.2, 0.25) is 5.91 Å². The van der Waals surface area contributed by atoms with Crippen LogP contribution in [0.3, 0.4) is 0 Å². The summed E-state index contributed by atoms with van der Waals surface area (Å²) < 4.78 is 0. The Morgan fingerprint density at radius 1 is 1.08 bits per heavy atom. The minimum Gasteiger partial charge on any atom is -0.341 e. The fourth-order valence-corrected chi connectivity index (χ4v) is 3.46. The maximum absolute atomic E-state index is 13.0. The van der Waals surface area contributed by atoms with Crippen molar-refractivity contribution in [2.24, 2.45) is 11.7 Å². The molecule has 1 saturated heterocycles. The van der Waals surface area contributed by atoms with Crippen molar-refractivity contribution in [1.82, 2.24) is 9.80 Å². The molecule has 1 atom stereocenters. The smallest absolute Gasteiger partial charge is 0.262 e. The van der Waals surface area contributed by atoms with Crippen molar-refractivity contribution in [3.05, 3.63) is 35.4 Å². The fraction of sp³-hybridized carbons (Fsp3) is 0.500. The van der Waals surface area contributed by atoms with Gasteiger partial charge in [0.05, 0.1) is 11.1 Å². The molecule has 1 aromatic rings. The van der Waals surface area contributed by atoms with E-state index in [9.17, 15) is 14.4 Å². The summed E-state index contributed by atoms with van der Waals surface area (Å²) in [6.45, 7) is 4.88. The number of nitrogens with two attached hydrogens (primary N) is 1. The number of benzene rings is 1. The van der Waals surface area contributed by atoms with Gasteiger partial charge in [-0.3, -0.25) is 19.3 Å². The van der Waals surface area contributed by atoms with Crippen LogP contribution in [-0.4, -0.2) is 52.7 Å². The number of nitrogens with zero attached hydrogens (tertiary/aromatic N) is 2. The molecule has 136 valence electrons. The van der Waals surface area contributed by atoms with Crippen LogP contribution in [0.4, 0.5) is 0 Å². The van der Waals surface area contributed by atoms with Gasteiger partial charge in [0.1, 0.15) is 6.04 Å². The number of imide groups is 1. The van der Waals surface area contributed by atoms with Crippen molar-refractivity contribution in [1.29, 1.82) is 0 Å². The summed E-state index contributed by atoms with van der Waals surface area (Å²) in [5, 5.41) is 0. The number of hydrogen-bond acceptors (Lipinski definition) is 4. The molecule has 0 radical (unpaired) electrons. The summed E-state index contributed by atoms with van der Waals surface area (Å²) in [4.78, 5) is 41.3. The lowest BCUT2D eigenvalue weighted by Crippen LogP contribution is -2.55. The van der Waals surface area contributed by atoms with Crippen molar-refractivity contribution in [2.75, 3.05) is 13.1 Å². The largest absolute Gasteiger partial charge is 0.341 e. The van der Waals surface area contributed by atoms with E-state index >= 15 is 0 Å². The van der Waals surface area contributed by atoms with E-state index in [0.717, 1.165) is 17.7 Å². The number of halogens is 1. The van der Waals surface area contributed by atoms with E-state index in [2.05, 4.69) is 0 Å². The highest BCUT2D eigenvalue weighted by molar-refractivity contribution is 6.22. The zero-order valence-electron chi connectivity index (χ0n) is 14.5. The van der Waals surface area contributed by atoms with E-state index in [0.29, 0.717) is 24.2 Å². The molecule has 1 aromatic carbocycles. The van der Waals surface area contributed by atoms with Gasteiger partial charge in [-0.25, -0.2) is 0 Å². The van der Waals surface area contributed by atoms with Crippen molar-refractivity contribution in [2.45, 2.75) is 38.8 Å². The first kappa shape index (κ1) is 19.4. The summed E-state index contributed by atoms with van der Waals surface area (Å²) in [5.41, 5.74) is 6.65. The Labute approximate surface area is 153 Å². The number of hydrogen-bond donors (Lipinski definition) is 1. The number of likely N-dealkylation sites (tertiary alicyclic amines) is 1. The number of piperidine rings is 1. The molecule has 3 rings (SSSR count). The zero-order valence-corrected chi connectivity index (χ0v) is 15.3. The Balaban J connectivity index is 0.00000225. The predicted molar refractivity (Wildman–Crippen MR) is 96.6 cm³/mol. The summed E-state index contributed by atoms with van der Waals surface area (Å²) >= 11 is 0. The highest BCUT2D eigenvalue weighted by Gasteiger charge is 2.45. The fourth-order valence-electron chi connectivity index (χ4n) is 3.46. The van der Waals surface area contributed by atoms with Crippen LogP contribution in [0.25, 0.3) is 0 Å². The van der Waals surface area contributed by atoms with Crippen molar-refractivity contribution in [3.8, 4) is 0 Å². The van der Waals surface area contributed by atoms with E-state index < -0.39 is 6.04 Å². The monoisotopic (exact) mass is 365 g/mol. The number of carbonyl (C=O) groups is 3. The van der Waals surface area contributed by atoms with Gasteiger partial charge in [0, 0.05) is 19.1 Å². The van der Waals surface area contributed by atoms with Crippen LogP contribution in [-0.2, 0) is 4.79 Å². The van der Waals surface area contributed by atoms with Gasteiger partial charge < -0.3 is 10.6 Å². The average Bonchev–Trinajstić information content (AvgIpc) is 2.81. The first-order chi connectivity index (χ1) is 11.4. The molecule has 25 heavy (non-hydrogen) atoms. The minimum atomic E-state index is -0.772. The van der Waals surface area contributed by atoms with Crippen LogP contribution in [0.15, 0.2) is 24.3 Å². The standard InChI is InChI=1S/C18H23N3O3.ClH/c1-11(2)15(18(24)20-9-7-12(19)8-10-20)21-16(22)13-5-3-4-6-14(13)17(21)23;/h3-6,11-12,15H,7-10,19H2,1-2H3;1H. The second-order valence-electron chi connectivity index (χ2n) is 6.88. The molecule has 1 fully saturated rings. The van der Waals surface area contributed by atoms with Gasteiger partial charge in [-0.2, -0.15) is 0 Å². The first-order valence-electron chi connectivity index (χ1n) is 8.43. The summed E-state index contributed by atoms with van der Waals surface area (Å²) in [6, 6.07) is 6.07. The lowest BCUT2D eigenvalue weighted by Gasteiger charge is -2.36. The second-order valence-corrected chi connectivity index (χ2v) is 6.88. The van der Waals surface area contributed by atoms with Gasteiger partial charge >= 0.3 is 0 Å². The predicted octanol–water partition coefficient (Wildman–Crippen LogP) is 1.68. The molecule has 0 bridgehead atoms. The van der Waals surface area contributed by atoms with Crippen LogP contribution in [0.5, 0.6) is 0 Å². The molecule has 0 aliphatic carbocycles. The van der Waals surface area contributed by atoms with E-state index in [1.807, 2.05) is 13.8 Å². The number of rotatable bonds is 3. The molecule has 0 saturated carbocycles. The van der Waals surface area contributed by atoms with Crippen molar-refractivity contribution in [3.63, 3.8) is 0 Å². The van der Waals surface area contributed by atoms with Crippen LogP contribution in [0, 0.1) is 5.92 Å². The topological polar surface area (TPSA) is 83.7 Å². The van der Waals surface area contributed by atoms with Crippen LogP contribution in [0.1, 0.15) is 47.4 Å². The molecule has 2 N–H and O–H groups in total. The number of fused-ring (bicyclic) bond motifs is 1. The molecule has 7 heteroatoms. The zero-order chi connectivity index (χ0) is 17.4. The van der Waals surface area contributed by atoms with Crippen LogP contribution in [0.2, 0.25) is 0 Å². The van der Waals surface area contributed by atoms with Crippen molar-refractivity contribution >= 4 is 30.1 Å². The quantitative estimate of drug-likeness (QED) is 0.826. The van der Waals surface area contributed by atoms with Gasteiger partial charge in [-0.1, -0.05) is 26.0 Å². The van der Waals surface area contributed by atoms with E-state index in [1.165, 1.54) is 0 Å². The molecule has 6 nitrogen and oxygen atoms in total. The lowest BCUT2D eigenvalue weighted by atomic mass is 9.98. The van der Waals surface area contributed by atoms with Gasteiger partial charge in [0.25, 0.3) is 11.8 Å². The maximum Gasteiger partial charge on any atom is 0.262 e. The Kier molecular flexibility index (Phi) is 5.85. The molecule has 2 heterocycles. The Bertz CT molecular complexity index is 649. The Morgan fingerprint density at radius 2 is 1.56 bits per heavy atom. The first-order valence-corrected chi connectivity index (χ1v) is 8.43. The number of amides is 3. The van der Waals surface area contributed by atoms with Crippen molar-refractivity contribution < 1.29 is 14.4 Å². The average molecular weight is 366 g/mol. The molecule has 2 aliphatic heterocycles. The highest BCUT2D eigenvalue weighted by Crippen LogP contribution is 2.28. The molecular formula is C18H24ClN3O3. The third-order valence-electron chi connectivity index (χ3n) is 4.84. The number of carbonyl (C=O) groups excluding carboxylic acids is 3. The SMILES string of the molecule is CC(C)C(C(=O)N1CCC(N)CC1)N1C(=O)c2ccccc2C1=O.Cl. The molecule has 1 unspecified atom stereocenters. The van der Waals surface area contributed by atoms with E-state index in [4.69, 9.17) is 5.73 Å². The summed E-state index contributed by atoms with van der Waals surface area (Å²) in [6.07, 6.45) is 1.50. The second kappa shape index (κ2) is 7.54. The lowest BCUT2D eigenvalue weighted by molar-refractivity contribution is -0.137. The van der Waals surface area contributed by atoms with Gasteiger partial charge in [-0.05, 0) is 30.9 Å².